The molecule has 10 heteroatoms. The van der Waals surface area contributed by atoms with E-state index in [1.165, 1.54) is 6.07 Å². The first kappa shape index (κ1) is 23.3. The van der Waals surface area contributed by atoms with Gasteiger partial charge in [0.1, 0.15) is 11.9 Å². The van der Waals surface area contributed by atoms with Crippen molar-refractivity contribution < 1.29 is 23.0 Å². The summed E-state index contributed by atoms with van der Waals surface area (Å²) in [5.74, 6) is -0.517. The van der Waals surface area contributed by atoms with Gasteiger partial charge in [-0.15, -0.1) is 0 Å². The Morgan fingerprint density at radius 2 is 1.91 bits per heavy atom. The van der Waals surface area contributed by atoms with Crippen molar-refractivity contribution in [1.29, 1.82) is 0 Å². The molecule has 178 valence electrons. The molecular formula is C23H27F3N4O3. The number of rotatable bonds is 6. The zero-order valence-corrected chi connectivity index (χ0v) is 18.6. The largest absolute Gasteiger partial charge is 0.474 e. The molecule has 1 aliphatic carbocycles. The molecule has 0 amide bonds. The van der Waals surface area contributed by atoms with Crippen molar-refractivity contribution >= 4 is 11.0 Å². The lowest BCUT2D eigenvalue weighted by Crippen LogP contribution is -2.32. The third-order valence-electron chi connectivity index (χ3n) is 6.18. The van der Waals surface area contributed by atoms with Crippen LogP contribution in [0.2, 0.25) is 0 Å². The van der Waals surface area contributed by atoms with Gasteiger partial charge in [-0.3, -0.25) is 4.79 Å². The molecule has 3 aromatic heterocycles. The van der Waals surface area contributed by atoms with Crippen molar-refractivity contribution in [3.05, 3.63) is 40.6 Å². The van der Waals surface area contributed by atoms with Gasteiger partial charge in [0.15, 0.2) is 0 Å². The molecule has 0 saturated heterocycles. The van der Waals surface area contributed by atoms with Crippen LogP contribution in [-0.2, 0) is 13.1 Å². The monoisotopic (exact) mass is 464 g/mol. The van der Waals surface area contributed by atoms with E-state index in [4.69, 9.17) is 4.74 Å². The molecule has 33 heavy (non-hydrogen) atoms. The molecule has 3 aromatic rings. The van der Waals surface area contributed by atoms with Gasteiger partial charge >= 0.3 is 6.18 Å². The molecule has 3 heterocycles. The van der Waals surface area contributed by atoms with E-state index in [-0.39, 0.29) is 31.1 Å². The summed E-state index contributed by atoms with van der Waals surface area (Å²) >= 11 is 0. The van der Waals surface area contributed by atoms with Crippen molar-refractivity contribution in [3.8, 4) is 17.1 Å². The molecule has 4 rings (SSSR count). The Morgan fingerprint density at radius 1 is 1.18 bits per heavy atom. The van der Waals surface area contributed by atoms with Crippen molar-refractivity contribution in [1.82, 2.24) is 19.1 Å². The van der Waals surface area contributed by atoms with Crippen LogP contribution >= 0.6 is 0 Å². The Balaban J connectivity index is 1.68. The van der Waals surface area contributed by atoms with Gasteiger partial charge < -0.3 is 19.0 Å². The van der Waals surface area contributed by atoms with Gasteiger partial charge in [0.05, 0.1) is 29.3 Å². The summed E-state index contributed by atoms with van der Waals surface area (Å²) in [6.07, 6.45) is -1.95. The van der Waals surface area contributed by atoms with Crippen LogP contribution in [0.1, 0.15) is 38.4 Å². The van der Waals surface area contributed by atoms with Crippen LogP contribution in [0.5, 0.6) is 5.88 Å². The van der Waals surface area contributed by atoms with Crippen molar-refractivity contribution in [2.24, 2.45) is 5.92 Å². The summed E-state index contributed by atoms with van der Waals surface area (Å²) in [5, 5.41) is 9.47. The first-order valence-corrected chi connectivity index (χ1v) is 11.1. The van der Waals surface area contributed by atoms with E-state index in [0.29, 0.717) is 54.4 Å². The Kier molecular flexibility index (Phi) is 6.47. The molecule has 0 bridgehead atoms. The fraction of sp³-hybridized carbons (Fsp3) is 0.522. The Morgan fingerprint density at radius 3 is 2.55 bits per heavy atom. The summed E-state index contributed by atoms with van der Waals surface area (Å²) in [6.45, 7) is 4.35. The minimum absolute atomic E-state index is 0.0442. The van der Waals surface area contributed by atoms with Crippen LogP contribution in [0, 0.1) is 12.8 Å². The van der Waals surface area contributed by atoms with Crippen molar-refractivity contribution in [2.75, 3.05) is 6.61 Å². The average Bonchev–Trinajstić information content (AvgIpc) is 3.12. The minimum Gasteiger partial charge on any atom is -0.474 e. The number of fused-ring (bicyclic) bond motifs is 1. The molecule has 1 fully saturated rings. The number of halogens is 3. The quantitative estimate of drug-likeness (QED) is 0.595. The van der Waals surface area contributed by atoms with Gasteiger partial charge in [0.25, 0.3) is 5.56 Å². The van der Waals surface area contributed by atoms with Crippen LogP contribution in [0.25, 0.3) is 22.3 Å². The van der Waals surface area contributed by atoms with Crippen LogP contribution in [0.15, 0.2) is 29.2 Å². The lowest BCUT2D eigenvalue weighted by molar-refractivity contribution is -0.185. The summed E-state index contributed by atoms with van der Waals surface area (Å²) in [6, 6.07) is 4.90. The zero-order valence-electron chi connectivity index (χ0n) is 18.6. The molecule has 1 aliphatic rings. The highest BCUT2D eigenvalue weighted by Gasteiger charge is 2.41. The first-order valence-electron chi connectivity index (χ1n) is 11.1. The summed E-state index contributed by atoms with van der Waals surface area (Å²) in [7, 11) is 0. The van der Waals surface area contributed by atoms with Crippen molar-refractivity contribution in [2.45, 2.75) is 64.9 Å². The molecule has 7 nitrogen and oxygen atoms in total. The van der Waals surface area contributed by atoms with E-state index in [9.17, 15) is 23.1 Å². The third-order valence-corrected chi connectivity index (χ3v) is 6.18. The zero-order chi connectivity index (χ0) is 23.8. The van der Waals surface area contributed by atoms with Gasteiger partial charge in [-0.1, -0.05) is 0 Å². The van der Waals surface area contributed by atoms with E-state index in [1.54, 1.807) is 23.6 Å². The third kappa shape index (κ3) is 4.75. The highest BCUT2D eigenvalue weighted by molar-refractivity contribution is 5.92. The predicted octanol–water partition coefficient (Wildman–Crippen LogP) is 4.08. The van der Waals surface area contributed by atoms with Gasteiger partial charge in [0, 0.05) is 37.0 Å². The predicted molar refractivity (Wildman–Crippen MR) is 117 cm³/mol. The maximum atomic E-state index is 13.0. The Labute approximate surface area is 188 Å². The number of aromatic nitrogens is 4. The maximum absolute atomic E-state index is 13.0. The lowest BCUT2D eigenvalue weighted by atomic mass is 9.87. The lowest BCUT2D eigenvalue weighted by Gasteiger charge is -2.29. The number of pyridine rings is 1. The molecular weight excluding hydrogens is 437 g/mol. The van der Waals surface area contributed by atoms with Crippen LogP contribution in [0.3, 0.4) is 0 Å². The second-order valence-corrected chi connectivity index (χ2v) is 8.38. The average molecular weight is 464 g/mol. The van der Waals surface area contributed by atoms with Gasteiger partial charge in [-0.25, -0.2) is 4.98 Å². The maximum Gasteiger partial charge on any atom is 0.391 e. The van der Waals surface area contributed by atoms with Crippen LogP contribution in [0.4, 0.5) is 13.2 Å². The van der Waals surface area contributed by atoms with E-state index in [0.717, 1.165) is 5.52 Å². The van der Waals surface area contributed by atoms with E-state index < -0.39 is 12.1 Å². The minimum atomic E-state index is -4.17. The van der Waals surface area contributed by atoms with E-state index in [1.807, 2.05) is 17.7 Å². The van der Waals surface area contributed by atoms with Gasteiger partial charge in [0.2, 0.25) is 5.88 Å². The van der Waals surface area contributed by atoms with E-state index in [2.05, 4.69) is 9.97 Å². The number of aryl methyl sites for hydroxylation is 2. The smallest absolute Gasteiger partial charge is 0.391 e. The molecule has 1 N–H and O–H groups in total. The second-order valence-electron chi connectivity index (χ2n) is 8.38. The molecule has 0 radical (unpaired) electrons. The molecule has 0 spiro atoms. The first-order chi connectivity index (χ1) is 15.7. The number of alkyl halides is 3. The highest BCUT2D eigenvalue weighted by atomic mass is 19.4. The van der Waals surface area contributed by atoms with E-state index >= 15 is 0 Å². The summed E-state index contributed by atoms with van der Waals surface area (Å²) < 4.78 is 48.4. The molecule has 1 saturated carbocycles. The molecule has 0 unspecified atom stereocenters. The number of aliphatic hydroxyl groups excluding tert-OH is 1. The number of ether oxygens (including phenoxy) is 1. The standard InChI is InChI=1S/C23H27F3N4O3/c1-3-30-21(32)9-8-19-22(30)17(13-29(19)10-11-31)18-12-20(28-14(2)27-18)33-16-6-4-15(5-7-16)23(24,25)26/h8-9,12-13,15-16,31H,3-7,10-11H2,1-2H3. The Hall–Kier alpha value is -2.88. The summed E-state index contributed by atoms with van der Waals surface area (Å²) in [5.41, 5.74) is 2.61. The number of nitrogens with zero attached hydrogens (tertiary/aromatic N) is 4. The normalized spacial score (nSPS) is 19.2. The number of aliphatic hydroxyl groups is 1. The van der Waals surface area contributed by atoms with Gasteiger partial charge in [-0.05, 0) is 45.6 Å². The second kappa shape index (κ2) is 9.17. The number of hydrogen-bond donors (Lipinski definition) is 1. The summed E-state index contributed by atoms with van der Waals surface area (Å²) in [4.78, 5) is 21.3. The molecule has 0 atom stereocenters. The SMILES string of the molecule is CCn1c(=O)ccc2c1c(-c1cc(OC3CCC(C(F)(F)F)CC3)nc(C)n1)cn2CCO. The molecule has 0 aromatic carbocycles. The van der Waals surface area contributed by atoms with Crippen LogP contribution in [-0.4, -0.2) is 43.1 Å². The number of hydrogen-bond acceptors (Lipinski definition) is 5. The van der Waals surface area contributed by atoms with Gasteiger partial charge in [-0.2, -0.15) is 18.2 Å². The topological polar surface area (TPSA) is 82.2 Å². The van der Waals surface area contributed by atoms with Crippen molar-refractivity contribution in [3.63, 3.8) is 0 Å². The fourth-order valence-electron chi connectivity index (χ4n) is 4.58. The molecule has 0 aliphatic heterocycles. The highest BCUT2D eigenvalue weighted by Crippen LogP contribution is 2.38. The Bertz CT molecular complexity index is 1190. The fourth-order valence-corrected chi connectivity index (χ4v) is 4.58. The van der Waals surface area contributed by atoms with Crippen LogP contribution < -0.4 is 10.3 Å².